The molecule has 1 N–H and O–H groups in total. The van der Waals surface area contributed by atoms with Gasteiger partial charge in [0, 0.05) is 11.6 Å². The van der Waals surface area contributed by atoms with Crippen LogP contribution in [0.5, 0.6) is 0 Å². The molecule has 1 amide bonds. The van der Waals surface area contributed by atoms with Crippen LogP contribution in [0.2, 0.25) is 0 Å². The van der Waals surface area contributed by atoms with Crippen molar-refractivity contribution in [2.24, 2.45) is 5.10 Å². The molecule has 6 heteroatoms. The molecule has 1 heterocycles. The summed E-state index contributed by atoms with van der Waals surface area (Å²) >= 11 is 0. The van der Waals surface area contributed by atoms with Crippen LogP contribution in [-0.4, -0.2) is 26.6 Å². The van der Waals surface area contributed by atoms with Crippen LogP contribution in [-0.2, 0) is 11.3 Å². The molecule has 3 aromatic rings. The van der Waals surface area contributed by atoms with Crippen LogP contribution in [0.25, 0.3) is 11.0 Å². The zero-order valence-electron chi connectivity index (χ0n) is 14.5. The van der Waals surface area contributed by atoms with Gasteiger partial charge in [-0.1, -0.05) is 54.1 Å². The minimum atomic E-state index is -0.189. The van der Waals surface area contributed by atoms with Gasteiger partial charge >= 0.3 is 0 Å². The van der Waals surface area contributed by atoms with E-state index in [1.54, 1.807) is 4.68 Å². The largest absolute Gasteiger partial charge is 0.271 e. The van der Waals surface area contributed by atoms with Gasteiger partial charge in [-0.05, 0) is 37.0 Å². The Morgan fingerprint density at radius 2 is 1.92 bits per heavy atom. The average Bonchev–Trinajstić information content (AvgIpc) is 3.10. The second-order valence-corrected chi connectivity index (χ2v) is 6.58. The molecular weight excluding hydrogens is 326 g/mol. The topological polar surface area (TPSA) is 72.2 Å². The van der Waals surface area contributed by atoms with E-state index in [1.807, 2.05) is 30.3 Å². The molecule has 1 aromatic heterocycles. The Labute approximate surface area is 151 Å². The highest BCUT2D eigenvalue weighted by atomic mass is 16.2. The molecule has 0 bridgehead atoms. The van der Waals surface area contributed by atoms with Crippen molar-refractivity contribution in [3.63, 3.8) is 0 Å². The number of hydrogen-bond acceptors (Lipinski definition) is 4. The van der Waals surface area contributed by atoms with Crippen molar-refractivity contribution < 1.29 is 4.79 Å². The summed E-state index contributed by atoms with van der Waals surface area (Å²) in [6.45, 7) is 0.104. The number of hydrazone groups is 1. The fraction of sp³-hybridized carbons (Fsp3) is 0.300. The summed E-state index contributed by atoms with van der Waals surface area (Å²) in [5.41, 5.74) is 6.66. The van der Waals surface area contributed by atoms with Gasteiger partial charge in [-0.3, -0.25) is 4.79 Å². The Balaban J connectivity index is 1.46. The van der Waals surface area contributed by atoms with Crippen LogP contribution in [0.15, 0.2) is 59.7 Å². The van der Waals surface area contributed by atoms with E-state index < -0.39 is 0 Å². The number of para-hydroxylation sites is 1. The van der Waals surface area contributed by atoms with E-state index in [2.05, 4.69) is 45.1 Å². The number of nitrogens with one attached hydrogen (secondary N) is 1. The first-order valence-corrected chi connectivity index (χ1v) is 9.00. The molecular formula is C20H21N5O. The quantitative estimate of drug-likeness (QED) is 0.736. The number of amides is 1. The first-order chi connectivity index (χ1) is 12.8. The summed E-state index contributed by atoms with van der Waals surface area (Å²) in [5.74, 6) is 0.1000. The van der Waals surface area contributed by atoms with E-state index in [9.17, 15) is 4.79 Å². The highest BCUT2D eigenvalue weighted by Crippen LogP contribution is 2.30. The van der Waals surface area contributed by atoms with Gasteiger partial charge in [-0.25, -0.2) is 10.1 Å². The molecule has 132 valence electrons. The zero-order valence-corrected chi connectivity index (χ0v) is 14.5. The fourth-order valence-electron chi connectivity index (χ4n) is 3.51. The normalized spacial score (nSPS) is 18.9. The second-order valence-electron chi connectivity index (χ2n) is 6.58. The second kappa shape index (κ2) is 7.47. The molecule has 0 aliphatic heterocycles. The molecule has 1 saturated carbocycles. The molecule has 1 fully saturated rings. The van der Waals surface area contributed by atoms with Crippen LogP contribution in [0.4, 0.5) is 0 Å². The number of aromatic nitrogens is 3. The lowest BCUT2D eigenvalue weighted by molar-refractivity contribution is -0.121. The van der Waals surface area contributed by atoms with Crippen molar-refractivity contribution in [1.29, 1.82) is 0 Å². The minimum Gasteiger partial charge on any atom is -0.271 e. The van der Waals surface area contributed by atoms with Gasteiger partial charge in [0.15, 0.2) is 0 Å². The van der Waals surface area contributed by atoms with Crippen LogP contribution < -0.4 is 5.43 Å². The van der Waals surface area contributed by atoms with Gasteiger partial charge in [0.25, 0.3) is 5.91 Å². The number of rotatable bonds is 4. The lowest BCUT2D eigenvalue weighted by Gasteiger charge is -2.24. The first kappa shape index (κ1) is 16.4. The van der Waals surface area contributed by atoms with Gasteiger partial charge in [0.1, 0.15) is 12.1 Å². The molecule has 1 atom stereocenters. The number of benzene rings is 2. The number of carbonyl (C=O) groups excluding carboxylic acids is 1. The molecule has 0 unspecified atom stereocenters. The molecule has 4 rings (SSSR count). The maximum absolute atomic E-state index is 12.3. The van der Waals surface area contributed by atoms with Crippen LogP contribution >= 0.6 is 0 Å². The van der Waals surface area contributed by atoms with Crippen LogP contribution in [0, 0.1) is 0 Å². The van der Waals surface area contributed by atoms with E-state index in [1.165, 1.54) is 12.0 Å². The van der Waals surface area contributed by atoms with Gasteiger partial charge in [0.2, 0.25) is 0 Å². The third kappa shape index (κ3) is 3.49. The molecule has 0 saturated heterocycles. The molecule has 0 spiro atoms. The maximum atomic E-state index is 12.3. The van der Waals surface area contributed by atoms with E-state index >= 15 is 0 Å². The predicted molar refractivity (Wildman–Crippen MR) is 101 cm³/mol. The summed E-state index contributed by atoms with van der Waals surface area (Å²) in [6, 6.07) is 18.0. The standard InChI is InChI=1S/C20H21N5O/c26-20(14-25-19-13-7-6-12-18(19)22-24-25)23-21-17-11-5-4-10-16(17)15-8-2-1-3-9-15/h1-3,6-9,12-13,16H,4-5,10-11,14H2,(H,23,26)/b21-17-/t16-/m0/s1. The fourth-order valence-corrected chi connectivity index (χ4v) is 3.51. The monoisotopic (exact) mass is 347 g/mol. The highest BCUT2D eigenvalue weighted by molar-refractivity contribution is 5.92. The lowest BCUT2D eigenvalue weighted by atomic mass is 9.82. The third-order valence-electron chi connectivity index (χ3n) is 4.82. The average molecular weight is 347 g/mol. The van der Waals surface area contributed by atoms with Crippen molar-refractivity contribution in [3.8, 4) is 0 Å². The number of fused-ring (bicyclic) bond motifs is 1. The molecule has 1 aliphatic carbocycles. The van der Waals surface area contributed by atoms with E-state index in [4.69, 9.17) is 0 Å². The Hall–Kier alpha value is -3.02. The Kier molecular flexibility index (Phi) is 4.73. The van der Waals surface area contributed by atoms with Gasteiger partial charge in [-0.2, -0.15) is 5.10 Å². The Morgan fingerprint density at radius 1 is 1.12 bits per heavy atom. The van der Waals surface area contributed by atoms with Crippen molar-refractivity contribution >= 4 is 22.7 Å². The summed E-state index contributed by atoms with van der Waals surface area (Å²) in [6.07, 6.45) is 4.31. The maximum Gasteiger partial charge on any atom is 0.261 e. The highest BCUT2D eigenvalue weighted by Gasteiger charge is 2.22. The zero-order chi connectivity index (χ0) is 17.8. The summed E-state index contributed by atoms with van der Waals surface area (Å²) in [7, 11) is 0. The SMILES string of the molecule is O=C(Cn1nnc2ccccc21)N/N=C1/CCCC[C@H]1c1ccccc1. The van der Waals surface area contributed by atoms with Crippen molar-refractivity contribution in [1.82, 2.24) is 20.4 Å². The molecule has 2 aromatic carbocycles. The summed E-state index contributed by atoms with van der Waals surface area (Å²) in [5, 5.41) is 12.6. The predicted octanol–water partition coefficient (Wildman–Crippen LogP) is 3.26. The number of nitrogens with zero attached hydrogens (tertiary/aromatic N) is 4. The molecule has 1 aliphatic rings. The van der Waals surface area contributed by atoms with Gasteiger partial charge in [0.05, 0.1) is 5.52 Å². The van der Waals surface area contributed by atoms with Crippen LogP contribution in [0.3, 0.4) is 0 Å². The van der Waals surface area contributed by atoms with Crippen molar-refractivity contribution in [3.05, 3.63) is 60.2 Å². The van der Waals surface area contributed by atoms with E-state index in [-0.39, 0.29) is 18.4 Å². The lowest BCUT2D eigenvalue weighted by Crippen LogP contribution is -2.27. The third-order valence-corrected chi connectivity index (χ3v) is 4.82. The van der Waals surface area contributed by atoms with Crippen molar-refractivity contribution in [2.45, 2.75) is 38.1 Å². The van der Waals surface area contributed by atoms with Gasteiger partial charge < -0.3 is 0 Å². The molecule has 0 radical (unpaired) electrons. The number of carbonyl (C=O) groups is 1. The first-order valence-electron chi connectivity index (χ1n) is 9.00. The van der Waals surface area contributed by atoms with E-state index in [0.29, 0.717) is 0 Å². The summed E-state index contributed by atoms with van der Waals surface area (Å²) < 4.78 is 1.60. The Bertz CT molecular complexity index is 932. The number of hydrogen-bond donors (Lipinski definition) is 1. The smallest absolute Gasteiger partial charge is 0.261 e. The molecule has 6 nitrogen and oxygen atoms in total. The Morgan fingerprint density at radius 3 is 2.81 bits per heavy atom. The van der Waals surface area contributed by atoms with Gasteiger partial charge in [-0.15, -0.1) is 5.10 Å². The summed E-state index contributed by atoms with van der Waals surface area (Å²) in [4.78, 5) is 12.3. The molecule has 26 heavy (non-hydrogen) atoms. The van der Waals surface area contributed by atoms with E-state index in [0.717, 1.165) is 36.0 Å². The minimum absolute atomic E-state index is 0.104. The van der Waals surface area contributed by atoms with Crippen LogP contribution in [0.1, 0.15) is 37.2 Å². The van der Waals surface area contributed by atoms with Crippen molar-refractivity contribution in [2.75, 3.05) is 0 Å².